The van der Waals surface area contributed by atoms with E-state index in [0.717, 1.165) is 0 Å². The molecular formula is C2H7NO7. The first-order chi connectivity index (χ1) is 4.54. The summed E-state index contributed by atoms with van der Waals surface area (Å²) >= 11 is 0. The van der Waals surface area contributed by atoms with Crippen LogP contribution < -0.4 is 0 Å². The standard InChI is InChI=1S/C2H7NO7/c4-2(5)1-3(6,9-7)10-8/h2,4-5,7-8H,1H2. The van der Waals surface area contributed by atoms with Crippen molar-refractivity contribution < 1.29 is 35.7 Å². The highest BCUT2D eigenvalue weighted by Gasteiger charge is 2.25. The lowest BCUT2D eigenvalue weighted by atomic mass is 10.6. The fourth-order valence-electron chi connectivity index (χ4n) is 0.282. The van der Waals surface area contributed by atoms with Crippen molar-refractivity contribution in [2.75, 3.05) is 6.54 Å². The zero-order valence-corrected chi connectivity index (χ0v) is 4.75. The number of aliphatic hydroxyl groups excluding tert-OH is 1. The van der Waals surface area contributed by atoms with Gasteiger partial charge in [0.25, 0.3) is 0 Å². The lowest BCUT2D eigenvalue weighted by Gasteiger charge is -2.27. The third kappa shape index (κ3) is 3.00. The highest BCUT2D eigenvalue weighted by Crippen LogP contribution is 2.03. The van der Waals surface area contributed by atoms with Crippen LogP contribution in [0.15, 0.2) is 0 Å². The first-order valence-electron chi connectivity index (χ1n) is 2.15. The topological polar surface area (TPSA) is 122 Å². The molecule has 0 unspecified atom stereocenters. The number of hydroxylamine groups is 3. The highest BCUT2D eigenvalue weighted by molar-refractivity contribution is 4.27. The quantitative estimate of drug-likeness (QED) is 0.168. The Morgan fingerprint density at radius 3 is 1.80 bits per heavy atom. The summed E-state index contributed by atoms with van der Waals surface area (Å²) < 4.78 is 0. The molecule has 10 heavy (non-hydrogen) atoms. The highest BCUT2D eigenvalue weighted by atomic mass is 17.5. The van der Waals surface area contributed by atoms with Crippen molar-refractivity contribution in [1.29, 1.82) is 0 Å². The molecule has 0 amide bonds. The Morgan fingerprint density at radius 1 is 1.30 bits per heavy atom. The summed E-state index contributed by atoms with van der Waals surface area (Å²) in [5.41, 5.74) is 0. The average Bonchev–Trinajstić information content (AvgIpc) is 1.87. The average molecular weight is 157 g/mol. The SMILES string of the molecule is [O-][N+](CC(O)O)(OO)OO. The molecule has 0 saturated carbocycles. The minimum Gasteiger partial charge on any atom is -0.559 e. The van der Waals surface area contributed by atoms with E-state index in [4.69, 9.17) is 20.7 Å². The summed E-state index contributed by atoms with van der Waals surface area (Å²) in [6.07, 6.45) is -2.06. The molecule has 0 radical (unpaired) electrons. The van der Waals surface area contributed by atoms with E-state index in [0.29, 0.717) is 0 Å². The molecule has 62 valence electrons. The van der Waals surface area contributed by atoms with Crippen molar-refractivity contribution in [3.8, 4) is 0 Å². The minimum atomic E-state index is -2.42. The van der Waals surface area contributed by atoms with Gasteiger partial charge in [-0.2, -0.15) is 10.5 Å². The third-order valence-corrected chi connectivity index (χ3v) is 0.636. The van der Waals surface area contributed by atoms with Crippen LogP contribution in [0.1, 0.15) is 0 Å². The second-order valence-electron chi connectivity index (χ2n) is 1.44. The van der Waals surface area contributed by atoms with Gasteiger partial charge in [0.1, 0.15) is 0 Å². The Hall–Kier alpha value is -0.320. The molecule has 0 spiro atoms. The number of aliphatic hydroxyl groups is 2. The molecule has 8 heteroatoms. The van der Waals surface area contributed by atoms with Gasteiger partial charge in [0.05, 0.1) is 0 Å². The molecule has 0 aliphatic heterocycles. The van der Waals surface area contributed by atoms with Crippen LogP contribution in [-0.2, 0) is 9.98 Å². The smallest absolute Gasteiger partial charge is 0.209 e. The zero-order chi connectivity index (χ0) is 8.20. The number of hydrogen-bond donors (Lipinski definition) is 4. The van der Waals surface area contributed by atoms with Crippen LogP contribution in [-0.4, -0.2) is 38.5 Å². The van der Waals surface area contributed by atoms with Crippen molar-refractivity contribution >= 4 is 0 Å². The second-order valence-corrected chi connectivity index (χ2v) is 1.44. The summed E-state index contributed by atoms with van der Waals surface area (Å²) in [6.45, 7) is -1.08. The molecule has 0 bridgehead atoms. The van der Waals surface area contributed by atoms with E-state index in [-0.39, 0.29) is 0 Å². The summed E-state index contributed by atoms with van der Waals surface area (Å²) in [5, 5.41) is 41.9. The van der Waals surface area contributed by atoms with Crippen LogP contribution in [0.25, 0.3) is 0 Å². The van der Waals surface area contributed by atoms with Crippen LogP contribution in [0.5, 0.6) is 0 Å². The fourth-order valence-corrected chi connectivity index (χ4v) is 0.282. The van der Waals surface area contributed by atoms with Gasteiger partial charge in [0.2, 0.25) is 6.29 Å². The predicted octanol–water partition coefficient (Wildman–Crippen LogP) is -1.58. The van der Waals surface area contributed by atoms with E-state index < -0.39 is 17.8 Å². The summed E-state index contributed by atoms with van der Waals surface area (Å²) in [7, 11) is 0. The van der Waals surface area contributed by atoms with Crippen molar-refractivity contribution in [3.63, 3.8) is 0 Å². The first kappa shape index (κ1) is 9.68. The molecule has 0 fully saturated rings. The maximum absolute atomic E-state index is 10.3. The van der Waals surface area contributed by atoms with Gasteiger partial charge in [0, 0.05) is 14.9 Å². The largest absolute Gasteiger partial charge is 0.559 e. The number of rotatable bonds is 4. The number of quaternary nitrogens is 1. The van der Waals surface area contributed by atoms with Crippen LogP contribution in [0.3, 0.4) is 0 Å². The van der Waals surface area contributed by atoms with Gasteiger partial charge < -0.3 is 15.4 Å². The van der Waals surface area contributed by atoms with Crippen molar-refractivity contribution in [2.45, 2.75) is 6.29 Å². The van der Waals surface area contributed by atoms with Gasteiger partial charge in [-0.15, -0.1) is 0 Å². The Morgan fingerprint density at radius 2 is 1.70 bits per heavy atom. The van der Waals surface area contributed by atoms with E-state index in [9.17, 15) is 5.21 Å². The molecule has 0 aromatic rings. The van der Waals surface area contributed by atoms with Gasteiger partial charge in [-0.05, 0) is 0 Å². The van der Waals surface area contributed by atoms with Gasteiger partial charge in [-0.25, -0.2) is 0 Å². The number of hydrogen-bond acceptors (Lipinski definition) is 7. The predicted molar refractivity (Wildman–Crippen MR) is 24.1 cm³/mol. The summed E-state index contributed by atoms with van der Waals surface area (Å²) in [6, 6.07) is 0. The number of nitrogens with zero attached hydrogens (tertiary/aromatic N) is 1. The van der Waals surface area contributed by atoms with Crippen molar-refractivity contribution in [3.05, 3.63) is 5.21 Å². The van der Waals surface area contributed by atoms with Crippen LogP contribution in [0, 0.1) is 5.21 Å². The van der Waals surface area contributed by atoms with Gasteiger partial charge in [0.15, 0.2) is 6.54 Å². The molecule has 4 N–H and O–H groups in total. The zero-order valence-electron chi connectivity index (χ0n) is 4.75. The molecule has 0 aliphatic carbocycles. The molecule has 0 aromatic carbocycles. The maximum atomic E-state index is 10.3. The monoisotopic (exact) mass is 157 g/mol. The molecule has 0 heterocycles. The van der Waals surface area contributed by atoms with E-state index in [2.05, 4.69) is 9.98 Å². The molecule has 0 atom stereocenters. The van der Waals surface area contributed by atoms with Crippen LogP contribution in [0.4, 0.5) is 0 Å². The Kier molecular flexibility index (Phi) is 3.63. The molecule has 0 rings (SSSR count). The van der Waals surface area contributed by atoms with E-state index in [1.807, 2.05) is 0 Å². The van der Waals surface area contributed by atoms with Crippen molar-refractivity contribution in [2.24, 2.45) is 0 Å². The normalized spacial score (nSPS) is 12.6. The van der Waals surface area contributed by atoms with E-state index in [1.54, 1.807) is 0 Å². The molecule has 8 nitrogen and oxygen atoms in total. The van der Waals surface area contributed by atoms with Gasteiger partial charge in [-0.1, -0.05) is 0 Å². The fraction of sp³-hybridized carbons (Fsp3) is 1.00. The Labute approximate surface area is 55.0 Å². The van der Waals surface area contributed by atoms with Gasteiger partial charge in [-0.3, -0.25) is 0 Å². The van der Waals surface area contributed by atoms with E-state index >= 15 is 0 Å². The molecule has 0 aromatic heterocycles. The van der Waals surface area contributed by atoms with Crippen LogP contribution in [0.2, 0.25) is 0 Å². The third-order valence-electron chi connectivity index (χ3n) is 0.636. The molecule has 0 aliphatic rings. The maximum Gasteiger partial charge on any atom is 0.209 e. The first-order valence-corrected chi connectivity index (χ1v) is 2.15. The van der Waals surface area contributed by atoms with Gasteiger partial charge >= 0.3 is 0 Å². The van der Waals surface area contributed by atoms with E-state index in [1.165, 1.54) is 0 Å². The van der Waals surface area contributed by atoms with Crippen molar-refractivity contribution in [1.82, 2.24) is 0 Å². The molecular weight excluding hydrogens is 150 g/mol. The Balaban J connectivity index is 3.80. The molecule has 0 saturated heterocycles. The minimum absolute atomic E-state index is 1.08. The van der Waals surface area contributed by atoms with Crippen LogP contribution >= 0.6 is 0 Å². The lowest BCUT2D eigenvalue weighted by Crippen LogP contribution is -2.45. The summed E-state index contributed by atoms with van der Waals surface area (Å²) in [5.74, 6) is 0. The lowest BCUT2D eigenvalue weighted by molar-refractivity contribution is -1.28. The Bertz CT molecular complexity index is 89.6. The summed E-state index contributed by atoms with van der Waals surface area (Å²) in [4.78, 5) is 3.56. The second kappa shape index (κ2) is 3.75.